The Bertz CT molecular complexity index is 1020. The SMILES string of the molecule is COC(=O)C1CCC(NCc2cc(-c3cncs3)ccc2OC)C1c1ccc(F)cc1. The molecule has 1 aromatic heterocycles. The topological polar surface area (TPSA) is 60.5 Å². The molecule has 3 atom stereocenters. The van der Waals surface area contributed by atoms with E-state index in [0.29, 0.717) is 6.54 Å². The van der Waals surface area contributed by atoms with Gasteiger partial charge in [-0.2, -0.15) is 0 Å². The molecule has 0 aliphatic heterocycles. The molecule has 1 aliphatic carbocycles. The second-order valence-corrected chi connectivity index (χ2v) is 8.55. The smallest absolute Gasteiger partial charge is 0.309 e. The Morgan fingerprint density at radius 2 is 2.00 bits per heavy atom. The number of nitrogens with one attached hydrogen (secondary N) is 1. The maximum Gasteiger partial charge on any atom is 0.309 e. The number of ether oxygens (including phenoxy) is 2. The van der Waals surface area contributed by atoms with E-state index in [1.54, 1.807) is 30.6 Å². The monoisotopic (exact) mass is 440 g/mol. The average molecular weight is 441 g/mol. The second kappa shape index (κ2) is 9.58. The lowest BCUT2D eigenvalue weighted by Crippen LogP contribution is -2.34. The van der Waals surface area contributed by atoms with Crippen LogP contribution in [0.1, 0.15) is 29.9 Å². The number of nitrogens with zero attached hydrogens (tertiary/aromatic N) is 1. The van der Waals surface area contributed by atoms with Crippen molar-refractivity contribution < 1.29 is 18.7 Å². The fraction of sp³-hybridized carbons (Fsp3) is 0.333. The van der Waals surface area contributed by atoms with Crippen LogP contribution >= 0.6 is 11.3 Å². The Labute approximate surface area is 185 Å². The van der Waals surface area contributed by atoms with Crippen molar-refractivity contribution in [2.24, 2.45) is 5.92 Å². The first-order valence-electron chi connectivity index (χ1n) is 10.2. The predicted octanol–water partition coefficient (Wildman–Crippen LogP) is 4.78. The summed E-state index contributed by atoms with van der Waals surface area (Å²) in [7, 11) is 3.08. The maximum atomic E-state index is 13.5. The Morgan fingerprint density at radius 3 is 2.68 bits per heavy atom. The van der Waals surface area contributed by atoms with Gasteiger partial charge in [0.2, 0.25) is 0 Å². The summed E-state index contributed by atoms with van der Waals surface area (Å²) in [4.78, 5) is 17.7. The number of rotatable bonds is 7. The number of thiazole rings is 1. The molecule has 1 aliphatic rings. The molecule has 7 heteroatoms. The molecule has 0 amide bonds. The Morgan fingerprint density at radius 1 is 1.19 bits per heavy atom. The van der Waals surface area contributed by atoms with Gasteiger partial charge in [-0.05, 0) is 54.3 Å². The zero-order valence-electron chi connectivity index (χ0n) is 17.5. The van der Waals surface area contributed by atoms with Crippen LogP contribution in [-0.4, -0.2) is 31.2 Å². The standard InChI is InChI=1S/C24H25FN2O3S/c1-29-21-10-5-16(22-13-26-14-31-22)11-17(21)12-27-20-9-8-19(24(28)30-2)23(20)15-3-6-18(25)7-4-15/h3-7,10-11,13-14,19-20,23,27H,8-9,12H2,1-2H3. The van der Waals surface area contributed by atoms with Gasteiger partial charge < -0.3 is 14.8 Å². The fourth-order valence-corrected chi connectivity index (χ4v) is 5.08. The Balaban J connectivity index is 1.57. The minimum absolute atomic E-state index is 0.0614. The molecule has 0 saturated heterocycles. The molecule has 2 aromatic carbocycles. The number of aromatic nitrogens is 1. The molecule has 0 bridgehead atoms. The summed E-state index contributed by atoms with van der Waals surface area (Å²) in [6.07, 6.45) is 3.41. The summed E-state index contributed by atoms with van der Waals surface area (Å²) in [6, 6.07) is 12.6. The number of halogens is 1. The molecular formula is C24H25FN2O3S. The van der Waals surface area contributed by atoms with Crippen molar-refractivity contribution in [2.75, 3.05) is 14.2 Å². The number of hydrogen-bond donors (Lipinski definition) is 1. The van der Waals surface area contributed by atoms with Gasteiger partial charge in [0.1, 0.15) is 11.6 Å². The molecule has 1 saturated carbocycles. The minimum Gasteiger partial charge on any atom is -0.496 e. The van der Waals surface area contributed by atoms with E-state index in [9.17, 15) is 9.18 Å². The van der Waals surface area contributed by atoms with Crippen LogP contribution in [0, 0.1) is 11.7 Å². The van der Waals surface area contributed by atoms with Crippen molar-refractivity contribution in [3.05, 3.63) is 71.1 Å². The van der Waals surface area contributed by atoms with E-state index in [2.05, 4.69) is 16.4 Å². The van der Waals surface area contributed by atoms with Crippen LogP contribution in [0.4, 0.5) is 4.39 Å². The van der Waals surface area contributed by atoms with Crippen molar-refractivity contribution in [1.82, 2.24) is 10.3 Å². The predicted molar refractivity (Wildman–Crippen MR) is 119 cm³/mol. The normalized spacial score (nSPS) is 20.5. The summed E-state index contributed by atoms with van der Waals surface area (Å²) < 4.78 is 24.1. The quantitative estimate of drug-likeness (QED) is 0.536. The van der Waals surface area contributed by atoms with Gasteiger partial charge in [0.15, 0.2) is 0 Å². The van der Waals surface area contributed by atoms with E-state index in [1.807, 2.05) is 23.8 Å². The summed E-state index contributed by atoms with van der Waals surface area (Å²) in [5, 5.41) is 3.62. The van der Waals surface area contributed by atoms with Gasteiger partial charge in [-0.15, -0.1) is 11.3 Å². The lowest BCUT2D eigenvalue weighted by molar-refractivity contribution is -0.145. The summed E-state index contributed by atoms with van der Waals surface area (Å²) in [5.74, 6) is -0.0300. The highest BCUT2D eigenvalue weighted by Gasteiger charge is 2.41. The molecule has 162 valence electrons. The van der Waals surface area contributed by atoms with Crippen molar-refractivity contribution in [1.29, 1.82) is 0 Å². The van der Waals surface area contributed by atoms with Gasteiger partial charge in [-0.25, -0.2) is 4.39 Å². The zero-order chi connectivity index (χ0) is 21.8. The van der Waals surface area contributed by atoms with Crippen molar-refractivity contribution in [2.45, 2.75) is 31.3 Å². The molecule has 1 fully saturated rings. The van der Waals surface area contributed by atoms with E-state index in [0.717, 1.165) is 40.2 Å². The highest BCUT2D eigenvalue weighted by atomic mass is 32.1. The summed E-state index contributed by atoms with van der Waals surface area (Å²) >= 11 is 1.59. The molecule has 31 heavy (non-hydrogen) atoms. The molecular weight excluding hydrogens is 415 g/mol. The van der Waals surface area contributed by atoms with Crippen LogP contribution in [0.3, 0.4) is 0 Å². The summed E-state index contributed by atoms with van der Waals surface area (Å²) in [6.45, 7) is 0.589. The molecule has 5 nitrogen and oxygen atoms in total. The number of methoxy groups -OCH3 is 2. The highest BCUT2D eigenvalue weighted by Crippen LogP contribution is 2.41. The lowest BCUT2D eigenvalue weighted by atomic mass is 9.86. The van der Waals surface area contributed by atoms with Crippen LogP contribution in [0.25, 0.3) is 10.4 Å². The van der Waals surface area contributed by atoms with Crippen molar-refractivity contribution in [3.8, 4) is 16.2 Å². The first kappa shape index (κ1) is 21.5. The third-order valence-electron chi connectivity index (χ3n) is 5.97. The van der Waals surface area contributed by atoms with Crippen LogP contribution < -0.4 is 10.1 Å². The van der Waals surface area contributed by atoms with Gasteiger partial charge in [0.05, 0.1) is 30.5 Å². The third kappa shape index (κ3) is 4.62. The van der Waals surface area contributed by atoms with E-state index >= 15 is 0 Å². The number of carbonyl (C=O) groups is 1. The third-order valence-corrected chi connectivity index (χ3v) is 6.79. The van der Waals surface area contributed by atoms with Crippen molar-refractivity contribution in [3.63, 3.8) is 0 Å². The van der Waals surface area contributed by atoms with Gasteiger partial charge in [0.25, 0.3) is 0 Å². The maximum absolute atomic E-state index is 13.5. The van der Waals surface area contributed by atoms with Gasteiger partial charge in [-0.3, -0.25) is 9.78 Å². The van der Waals surface area contributed by atoms with E-state index in [-0.39, 0.29) is 29.7 Å². The second-order valence-electron chi connectivity index (χ2n) is 7.66. The highest BCUT2D eigenvalue weighted by molar-refractivity contribution is 7.13. The van der Waals surface area contributed by atoms with E-state index in [4.69, 9.17) is 9.47 Å². The van der Waals surface area contributed by atoms with Crippen LogP contribution in [0.2, 0.25) is 0 Å². The molecule has 1 heterocycles. The van der Waals surface area contributed by atoms with Crippen LogP contribution in [-0.2, 0) is 16.1 Å². The Hall–Kier alpha value is -2.77. The Kier molecular flexibility index (Phi) is 6.63. The average Bonchev–Trinajstić information content (AvgIpc) is 3.48. The molecule has 1 N–H and O–H groups in total. The van der Waals surface area contributed by atoms with Gasteiger partial charge in [-0.1, -0.05) is 12.1 Å². The minimum atomic E-state index is -0.287. The van der Waals surface area contributed by atoms with E-state index in [1.165, 1.54) is 19.2 Å². The summed E-state index contributed by atoms with van der Waals surface area (Å²) in [5.41, 5.74) is 4.88. The zero-order valence-corrected chi connectivity index (χ0v) is 18.3. The number of carbonyl (C=O) groups excluding carboxylic acids is 1. The van der Waals surface area contributed by atoms with Gasteiger partial charge in [0, 0.05) is 30.3 Å². The number of benzene rings is 2. The van der Waals surface area contributed by atoms with Gasteiger partial charge >= 0.3 is 5.97 Å². The van der Waals surface area contributed by atoms with Crippen LogP contribution in [0.15, 0.2) is 54.2 Å². The number of hydrogen-bond acceptors (Lipinski definition) is 6. The molecule has 3 aromatic rings. The first-order valence-corrected chi connectivity index (χ1v) is 11.1. The largest absolute Gasteiger partial charge is 0.496 e. The number of esters is 1. The van der Waals surface area contributed by atoms with Crippen molar-refractivity contribution >= 4 is 17.3 Å². The van der Waals surface area contributed by atoms with E-state index < -0.39 is 0 Å². The lowest BCUT2D eigenvalue weighted by Gasteiger charge is -2.25. The molecule has 0 radical (unpaired) electrons. The van der Waals surface area contributed by atoms with Crippen LogP contribution in [0.5, 0.6) is 5.75 Å². The molecule has 4 rings (SSSR count). The first-order chi connectivity index (χ1) is 15.1. The molecule has 3 unspecified atom stereocenters. The molecule has 0 spiro atoms. The fourth-order valence-electron chi connectivity index (χ4n) is 4.46.